The number of aromatic amines is 1. The molecule has 0 radical (unpaired) electrons. The second kappa shape index (κ2) is 8.43. The van der Waals surface area contributed by atoms with E-state index < -0.39 is 0 Å². The third-order valence-corrected chi connectivity index (χ3v) is 5.09. The van der Waals surface area contributed by atoms with Crippen molar-refractivity contribution in [2.75, 3.05) is 31.1 Å². The predicted octanol–water partition coefficient (Wildman–Crippen LogP) is 3.06. The number of rotatable bonds is 5. The van der Waals surface area contributed by atoms with E-state index in [1.165, 1.54) is 0 Å². The van der Waals surface area contributed by atoms with Crippen molar-refractivity contribution in [3.8, 4) is 6.07 Å². The molecule has 1 aliphatic rings. The van der Waals surface area contributed by atoms with Crippen LogP contribution in [0.2, 0.25) is 0 Å². The lowest BCUT2D eigenvalue weighted by Gasteiger charge is -2.35. The number of nitrogens with zero attached hydrogens (tertiary/aromatic N) is 6. The molecule has 0 unspecified atom stereocenters. The fourth-order valence-corrected chi connectivity index (χ4v) is 3.43. The topological polar surface area (TPSA) is 89.9 Å². The number of H-pyrrole nitrogens is 1. The number of anilines is 1. The summed E-state index contributed by atoms with van der Waals surface area (Å²) in [6.07, 6.45) is 5.41. The van der Waals surface area contributed by atoms with Crippen LogP contribution in [-0.2, 0) is 6.67 Å². The number of pyridine rings is 1. The molecule has 1 fully saturated rings. The molecule has 1 N–H and O–H groups in total. The van der Waals surface area contributed by atoms with Crippen molar-refractivity contribution in [1.82, 2.24) is 24.6 Å². The summed E-state index contributed by atoms with van der Waals surface area (Å²) >= 11 is 5.39. The number of nitriles is 1. The molecule has 0 atom stereocenters. The zero-order chi connectivity index (χ0) is 20.2. The largest absolute Gasteiger partial charge is 0.462 e. The van der Waals surface area contributed by atoms with Crippen LogP contribution in [0.3, 0.4) is 0 Å². The van der Waals surface area contributed by atoms with E-state index in [-0.39, 0.29) is 0 Å². The van der Waals surface area contributed by atoms with Crippen molar-refractivity contribution in [1.29, 1.82) is 5.26 Å². The maximum Gasteiger partial charge on any atom is 0.217 e. The van der Waals surface area contributed by atoms with E-state index in [0.29, 0.717) is 22.8 Å². The molecule has 4 rings (SSSR count). The molecule has 0 bridgehead atoms. The zero-order valence-electron chi connectivity index (χ0n) is 16.1. The van der Waals surface area contributed by atoms with Gasteiger partial charge < -0.3 is 9.32 Å². The Bertz CT molecular complexity index is 1110. The van der Waals surface area contributed by atoms with Crippen LogP contribution in [0.15, 0.2) is 34.9 Å². The highest BCUT2D eigenvalue weighted by Crippen LogP contribution is 2.15. The zero-order valence-corrected chi connectivity index (χ0v) is 16.9. The van der Waals surface area contributed by atoms with Crippen LogP contribution in [0, 0.1) is 23.0 Å². The van der Waals surface area contributed by atoms with Crippen LogP contribution < -0.4 is 4.90 Å². The van der Waals surface area contributed by atoms with Gasteiger partial charge in [0.1, 0.15) is 23.2 Å². The summed E-state index contributed by atoms with van der Waals surface area (Å²) in [7, 11) is 0. The molecule has 9 heteroatoms. The van der Waals surface area contributed by atoms with E-state index in [0.717, 1.165) is 43.5 Å². The van der Waals surface area contributed by atoms with Gasteiger partial charge in [-0.1, -0.05) is 0 Å². The summed E-state index contributed by atoms with van der Waals surface area (Å²) in [5.41, 5.74) is 0.631. The molecule has 8 nitrogen and oxygen atoms in total. The average Bonchev–Trinajstić information content (AvgIpc) is 3.32. The summed E-state index contributed by atoms with van der Waals surface area (Å²) in [5, 5.41) is 12.3. The van der Waals surface area contributed by atoms with E-state index in [4.69, 9.17) is 21.9 Å². The van der Waals surface area contributed by atoms with Gasteiger partial charge in [-0.15, -0.1) is 0 Å². The Kier molecular flexibility index (Phi) is 5.55. The van der Waals surface area contributed by atoms with Crippen molar-refractivity contribution in [3.63, 3.8) is 0 Å². The highest BCUT2D eigenvalue weighted by molar-refractivity contribution is 7.71. The van der Waals surface area contributed by atoms with Gasteiger partial charge in [0.15, 0.2) is 0 Å². The van der Waals surface area contributed by atoms with Gasteiger partial charge in [0.25, 0.3) is 0 Å². The van der Waals surface area contributed by atoms with Crippen LogP contribution in [0.4, 0.5) is 5.82 Å². The summed E-state index contributed by atoms with van der Waals surface area (Å²) in [6, 6.07) is 9.56. The lowest BCUT2D eigenvalue weighted by Crippen LogP contribution is -2.47. The number of nitrogens with one attached hydrogen (secondary N) is 1. The van der Waals surface area contributed by atoms with Gasteiger partial charge in [-0.2, -0.15) is 10.2 Å². The Morgan fingerprint density at radius 1 is 1.24 bits per heavy atom. The Hall–Kier alpha value is -3.22. The summed E-state index contributed by atoms with van der Waals surface area (Å²) in [6.45, 7) is 5.99. The van der Waals surface area contributed by atoms with E-state index in [1.807, 2.05) is 42.0 Å². The second-order valence-corrected chi connectivity index (χ2v) is 7.23. The second-order valence-electron chi connectivity index (χ2n) is 6.86. The number of hydrogen-bond donors (Lipinski definition) is 1. The van der Waals surface area contributed by atoms with Crippen molar-refractivity contribution in [3.05, 3.63) is 58.1 Å². The Balaban J connectivity index is 1.36. The Labute approximate surface area is 173 Å². The van der Waals surface area contributed by atoms with Crippen LogP contribution in [0.25, 0.3) is 12.2 Å². The van der Waals surface area contributed by atoms with Gasteiger partial charge in [0.2, 0.25) is 4.77 Å². The van der Waals surface area contributed by atoms with E-state index in [2.05, 4.69) is 30.9 Å². The van der Waals surface area contributed by atoms with Crippen LogP contribution >= 0.6 is 12.2 Å². The van der Waals surface area contributed by atoms with E-state index >= 15 is 0 Å². The average molecular weight is 408 g/mol. The molecule has 0 aliphatic carbocycles. The lowest BCUT2D eigenvalue weighted by molar-refractivity contribution is 0.194. The highest BCUT2D eigenvalue weighted by atomic mass is 32.1. The van der Waals surface area contributed by atoms with Gasteiger partial charge in [-0.05, 0) is 55.6 Å². The highest BCUT2D eigenvalue weighted by Gasteiger charge is 2.19. The minimum atomic E-state index is 0.520. The lowest BCUT2D eigenvalue weighted by atomic mass is 10.2. The van der Waals surface area contributed by atoms with Crippen molar-refractivity contribution in [2.45, 2.75) is 13.6 Å². The summed E-state index contributed by atoms with van der Waals surface area (Å²) in [5.74, 6) is 3.20. The number of aromatic nitrogens is 4. The molecule has 3 aromatic heterocycles. The van der Waals surface area contributed by atoms with Gasteiger partial charge >= 0.3 is 0 Å². The molecule has 148 valence electrons. The molecule has 4 heterocycles. The predicted molar refractivity (Wildman–Crippen MR) is 113 cm³/mol. The molecule has 0 aromatic carbocycles. The third-order valence-electron chi connectivity index (χ3n) is 4.78. The molecular weight excluding hydrogens is 386 g/mol. The van der Waals surface area contributed by atoms with E-state index in [9.17, 15) is 0 Å². The number of aryl methyl sites for hydroxylation is 1. The van der Waals surface area contributed by atoms with Crippen molar-refractivity contribution in [2.24, 2.45) is 0 Å². The van der Waals surface area contributed by atoms with Crippen LogP contribution in [0.1, 0.15) is 22.9 Å². The molecule has 3 aromatic rings. The smallest absolute Gasteiger partial charge is 0.217 e. The summed E-state index contributed by atoms with van der Waals surface area (Å²) in [4.78, 5) is 13.3. The monoisotopic (exact) mass is 407 g/mol. The maximum atomic E-state index is 9.06. The Morgan fingerprint density at radius 3 is 2.79 bits per heavy atom. The minimum absolute atomic E-state index is 0.520. The van der Waals surface area contributed by atoms with Gasteiger partial charge in [0, 0.05) is 32.4 Å². The number of furan rings is 1. The first kappa shape index (κ1) is 19.1. The maximum absolute atomic E-state index is 9.06. The molecule has 0 spiro atoms. The number of piperazine rings is 1. The summed E-state index contributed by atoms with van der Waals surface area (Å²) < 4.78 is 7.91. The molecule has 0 amide bonds. The molecule has 1 aliphatic heterocycles. The first-order valence-corrected chi connectivity index (χ1v) is 9.76. The van der Waals surface area contributed by atoms with Crippen molar-refractivity contribution < 1.29 is 4.42 Å². The minimum Gasteiger partial charge on any atom is -0.462 e. The SMILES string of the molecule is Cc1ccc(/C=C/c2nc(=S)n(CN3CCN(c4cc(C#N)ccn4)CC3)[nH]2)o1. The Morgan fingerprint density at radius 2 is 2.07 bits per heavy atom. The quantitative estimate of drug-likeness (QED) is 0.650. The fraction of sp³-hybridized carbons (Fsp3) is 0.300. The van der Waals surface area contributed by atoms with Gasteiger partial charge in [0.05, 0.1) is 18.3 Å². The van der Waals surface area contributed by atoms with Gasteiger partial charge in [-0.25, -0.2) is 9.67 Å². The fourth-order valence-electron chi connectivity index (χ4n) is 3.23. The molecular formula is C20H21N7OS. The first-order chi connectivity index (χ1) is 14.1. The first-order valence-electron chi connectivity index (χ1n) is 9.35. The normalized spacial score (nSPS) is 15.1. The third kappa shape index (κ3) is 4.62. The van der Waals surface area contributed by atoms with Crippen molar-refractivity contribution >= 4 is 30.2 Å². The van der Waals surface area contributed by atoms with Gasteiger partial charge in [-0.3, -0.25) is 10.00 Å². The van der Waals surface area contributed by atoms with Crippen LogP contribution in [0.5, 0.6) is 0 Å². The van der Waals surface area contributed by atoms with Crippen LogP contribution in [-0.4, -0.2) is 50.8 Å². The van der Waals surface area contributed by atoms with E-state index in [1.54, 1.807) is 12.3 Å². The molecule has 29 heavy (non-hydrogen) atoms. The molecule has 0 saturated carbocycles. The standard InChI is InChI=1S/C20H21N7OS/c1-15-2-3-17(28-15)4-5-18-23-20(29)27(24-18)14-25-8-10-26(11-9-25)19-12-16(13-21)6-7-22-19/h2-7,12H,8-11,14H2,1H3,(H,23,24,29)/b5-4+. The number of hydrogen-bond acceptors (Lipinski definition) is 7. The molecule has 1 saturated heterocycles.